The summed E-state index contributed by atoms with van der Waals surface area (Å²) in [6.07, 6.45) is 3.56. The van der Waals surface area contributed by atoms with E-state index in [-0.39, 0.29) is 17.8 Å². The van der Waals surface area contributed by atoms with E-state index in [1.807, 2.05) is 11.9 Å². The van der Waals surface area contributed by atoms with E-state index in [1.165, 1.54) is 10.7 Å². The Kier molecular flexibility index (Phi) is 4.43. The largest absolute Gasteiger partial charge is 0.334 e. The van der Waals surface area contributed by atoms with E-state index >= 15 is 0 Å². The minimum Gasteiger partial charge on any atom is -0.334 e. The van der Waals surface area contributed by atoms with Gasteiger partial charge in [-0.2, -0.15) is 5.10 Å². The van der Waals surface area contributed by atoms with Crippen molar-refractivity contribution in [3.8, 4) is 5.69 Å². The number of carbonyl (C=O) groups is 1. The van der Waals surface area contributed by atoms with Crippen LogP contribution in [-0.2, 0) is 0 Å². The standard InChI is InChI=1S/C17H21FN4O/c1-12-14(17(23)21-9-5-6-13(21)10-19-2)11-20-22(12)16-8-4-3-7-15(16)18/h3-4,7-8,11,13,19H,5-6,9-10H2,1-2H3. The van der Waals surface area contributed by atoms with Gasteiger partial charge in [-0.3, -0.25) is 4.79 Å². The van der Waals surface area contributed by atoms with Gasteiger partial charge in [0.2, 0.25) is 0 Å². The molecule has 6 heteroatoms. The third-order valence-electron chi connectivity index (χ3n) is 4.40. The van der Waals surface area contributed by atoms with E-state index in [9.17, 15) is 9.18 Å². The molecule has 1 fully saturated rings. The summed E-state index contributed by atoms with van der Waals surface area (Å²) < 4.78 is 15.5. The summed E-state index contributed by atoms with van der Waals surface area (Å²) >= 11 is 0. The summed E-state index contributed by atoms with van der Waals surface area (Å²) in [6.45, 7) is 3.34. The van der Waals surface area contributed by atoms with Gasteiger partial charge in [-0.15, -0.1) is 0 Å². The lowest BCUT2D eigenvalue weighted by Crippen LogP contribution is -2.41. The van der Waals surface area contributed by atoms with Crippen LogP contribution < -0.4 is 5.32 Å². The highest BCUT2D eigenvalue weighted by atomic mass is 19.1. The van der Waals surface area contributed by atoms with Crippen LogP contribution in [0, 0.1) is 12.7 Å². The molecule has 23 heavy (non-hydrogen) atoms. The van der Waals surface area contributed by atoms with Crippen molar-refractivity contribution < 1.29 is 9.18 Å². The maximum atomic E-state index is 14.0. The first-order chi connectivity index (χ1) is 11.1. The lowest BCUT2D eigenvalue weighted by molar-refractivity contribution is 0.0736. The van der Waals surface area contributed by atoms with Crippen LogP contribution in [-0.4, -0.2) is 46.8 Å². The maximum Gasteiger partial charge on any atom is 0.257 e. The molecule has 5 nitrogen and oxygen atoms in total. The van der Waals surface area contributed by atoms with Crippen LogP contribution in [0.1, 0.15) is 28.9 Å². The number of aromatic nitrogens is 2. The van der Waals surface area contributed by atoms with Crippen molar-refractivity contribution in [2.24, 2.45) is 0 Å². The average molecular weight is 316 g/mol. The second kappa shape index (κ2) is 6.50. The third-order valence-corrected chi connectivity index (χ3v) is 4.40. The molecule has 0 spiro atoms. The van der Waals surface area contributed by atoms with Gasteiger partial charge in [-0.25, -0.2) is 9.07 Å². The smallest absolute Gasteiger partial charge is 0.257 e. The maximum absolute atomic E-state index is 14.0. The fraction of sp³-hybridized carbons (Fsp3) is 0.412. The van der Waals surface area contributed by atoms with Gasteiger partial charge in [-0.1, -0.05) is 12.1 Å². The molecule has 0 bridgehead atoms. The van der Waals surface area contributed by atoms with Gasteiger partial charge in [0.15, 0.2) is 0 Å². The number of rotatable bonds is 4. The molecule has 0 saturated carbocycles. The molecule has 1 aromatic carbocycles. The van der Waals surface area contributed by atoms with Crippen molar-refractivity contribution in [2.75, 3.05) is 20.1 Å². The number of nitrogens with one attached hydrogen (secondary N) is 1. The van der Waals surface area contributed by atoms with E-state index in [1.54, 1.807) is 31.3 Å². The number of likely N-dealkylation sites (N-methyl/N-ethyl adjacent to an activating group) is 1. The molecule has 1 aromatic heterocycles. The van der Waals surface area contributed by atoms with E-state index in [0.29, 0.717) is 16.9 Å². The minimum absolute atomic E-state index is 0.0251. The van der Waals surface area contributed by atoms with Gasteiger partial charge < -0.3 is 10.2 Å². The Labute approximate surface area is 135 Å². The van der Waals surface area contributed by atoms with Gasteiger partial charge in [0.05, 0.1) is 17.5 Å². The summed E-state index contributed by atoms with van der Waals surface area (Å²) in [6, 6.07) is 6.65. The Hall–Kier alpha value is -2.21. The highest BCUT2D eigenvalue weighted by molar-refractivity contribution is 5.95. The van der Waals surface area contributed by atoms with Gasteiger partial charge in [0, 0.05) is 19.1 Å². The SMILES string of the molecule is CNCC1CCCN1C(=O)c1cnn(-c2ccccc2F)c1C. The molecule has 1 saturated heterocycles. The zero-order chi connectivity index (χ0) is 16.4. The summed E-state index contributed by atoms with van der Waals surface area (Å²) in [5.74, 6) is -0.380. The van der Waals surface area contributed by atoms with E-state index in [0.717, 1.165) is 25.9 Å². The molecule has 2 aromatic rings. The molecule has 1 atom stereocenters. The first-order valence-electron chi connectivity index (χ1n) is 7.88. The second-order valence-electron chi connectivity index (χ2n) is 5.86. The van der Waals surface area contributed by atoms with Crippen LogP contribution in [0.15, 0.2) is 30.5 Å². The van der Waals surface area contributed by atoms with Crippen molar-refractivity contribution in [1.29, 1.82) is 0 Å². The zero-order valence-corrected chi connectivity index (χ0v) is 13.4. The van der Waals surface area contributed by atoms with Crippen LogP contribution >= 0.6 is 0 Å². The summed E-state index contributed by atoms with van der Waals surface area (Å²) in [4.78, 5) is 14.7. The molecule has 3 rings (SSSR count). The van der Waals surface area contributed by atoms with Crippen molar-refractivity contribution in [3.63, 3.8) is 0 Å². The minimum atomic E-state index is -0.355. The van der Waals surface area contributed by atoms with Crippen molar-refractivity contribution >= 4 is 5.91 Å². The number of para-hydroxylation sites is 1. The highest BCUT2D eigenvalue weighted by Crippen LogP contribution is 2.23. The van der Waals surface area contributed by atoms with Gasteiger partial charge in [-0.05, 0) is 38.9 Å². The number of amides is 1. The third kappa shape index (κ3) is 2.86. The lowest BCUT2D eigenvalue weighted by Gasteiger charge is -2.24. The molecule has 1 aliphatic heterocycles. The Bertz CT molecular complexity index is 712. The van der Waals surface area contributed by atoms with Crippen molar-refractivity contribution in [1.82, 2.24) is 20.0 Å². The normalized spacial score (nSPS) is 17.7. The highest BCUT2D eigenvalue weighted by Gasteiger charge is 2.30. The van der Waals surface area contributed by atoms with Crippen LogP contribution in [0.5, 0.6) is 0 Å². The van der Waals surface area contributed by atoms with Crippen LogP contribution in [0.4, 0.5) is 4.39 Å². The average Bonchev–Trinajstić information content (AvgIpc) is 3.15. The van der Waals surface area contributed by atoms with Gasteiger partial charge in [0.1, 0.15) is 11.5 Å². The Balaban J connectivity index is 1.90. The lowest BCUT2D eigenvalue weighted by atomic mass is 10.2. The summed E-state index contributed by atoms with van der Waals surface area (Å²) in [7, 11) is 1.89. The number of halogens is 1. The van der Waals surface area contributed by atoms with E-state index in [2.05, 4.69) is 10.4 Å². The number of likely N-dealkylation sites (tertiary alicyclic amines) is 1. The molecule has 122 valence electrons. The molecular weight excluding hydrogens is 295 g/mol. The Morgan fingerprint density at radius 3 is 2.96 bits per heavy atom. The first-order valence-corrected chi connectivity index (χ1v) is 7.88. The molecule has 0 aliphatic carbocycles. The second-order valence-corrected chi connectivity index (χ2v) is 5.86. The fourth-order valence-corrected chi connectivity index (χ4v) is 3.19. The Morgan fingerprint density at radius 2 is 2.22 bits per heavy atom. The molecule has 2 heterocycles. The van der Waals surface area contributed by atoms with E-state index < -0.39 is 0 Å². The van der Waals surface area contributed by atoms with Crippen LogP contribution in [0.2, 0.25) is 0 Å². The monoisotopic (exact) mass is 316 g/mol. The van der Waals surface area contributed by atoms with Crippen LogP contribution in [0.25, 0.3) is 5.69 Å². The number of hydrogen-bond acceptors (Lipinski definition) is 3. The van der Waals surface area contributed by atoms with Gasteiger partial charge in [0.25, 0.3) is 5.91 Å². The first kappa shape index (κ1) is 15.7. The topological polar surface area (TPSA) is 50.2 Å². The number of hydrogen-bond donors (Lipinski definition) is 1. The zero-order valence-electron chi connectivity index (χ0n) is 13.4. The van der Waals surface area contributed by atoms with Crippen molar-refractivity contribution in [3.05, 3.63) is 47.5 Å². The molecule has 1 unspecified atom stereocenters. The fourth-order valence-electron chi connectivity index (χ4n) is 3.19. The Morgan fingerprint density at radius 1 is 1.43 bits per heavy atom. The predicted octanol–water partition coefficient (Wildman–Crippen LogP) is 2.14. The van der Waals surface area contributed by atoms with Crippen LogP contribution in [0.3, 0.4) is 0 Å². The number of carbonyl (C=O) groups excluding carboxylic acids is 1. The predicted molar refractivity (Wildman–Crippen MR) is 86.2 cm³/mol. The summed E-state index contributed by atoms with van der Waals surface area (Å²) in [5.41, 5.74) is 1.56. The molecule has 0 radical (unpaired) electrons. The molecule has 1 amide bonds. The number of nitrogens with zero attached hydrogens (tertiary/aromatic N) is 3. The van der Waals surface area contributed by atoms with Crippen molar-refractivity contribution in [2.45, 2.75) is 25.8 Å². The quantitative estimate of drug-likeness (QED) is 0.940. The molecule has 1 N–H and O–H groups in total. The molecular formula is C17H21FN4O. The molecule has 1 aliphatic rings. The van der Waals surface area contributed by atoms with E-state index in [4.69, 9.17) is 0 Å². The number of benzene rings is 1. The summed E-state index contributed by atoms with van der Waals surface area (Å²) in [5, 5.41) is 7.36. The van der Waals surface area contributed by atoms with Gasteiger partial charge >= 0.3 is 0 Å².